The van der Waals surface area contributed by atoms with Crippen molar-refractivity contribution in [3.63, 3.8) is 0 Å². The Hall–Kier alpha value is -1.32. The van der Waals surface area contributed by atoms with Gasteiger partial charge in [0.1, 0.15) is 0 Å². The van der Waals surface area contributed by atoms with Gasteiger partial charge in [0, 0.05) is 21.2 Å². The average Bonchev–Trinajstić information content (AvgIpc) is 2.51. The number of cyclic esters (lactones) is 2. The first-order valence-electron chi connectivity index (χ1n) is 4.47. The first kappa shape index (κ1) is 11.2. The van der Waals surface area contributed by atoms with Gasteiger partial charge in [0.25, 0.3) is 0 Å². The molecule has 0 unspecified atom stereocenters. The first-order valence-corrected chi connectivity index (χ1v) is 5.23. The minimum Gasteiger partial charge on any atom is -0.389 e. The third-order valence-corrected chi connectivity index (χ3v) is 2.78. The van der Waals surface area contributed by atoms with Crippen LogP contribution in [0, 0.1) is 0 Å². The smallest absolute Gasteiger partial charge is 0.342 e. The molecular formula is C11H6Cl2O3. The van der Waals surface area contributed by atoms with Crippen molar-refractivity contribution >= 4 is 41.2 Å². The van der Waals surface area contributed by atoms with E-state index in [1.807, 2.05) is 0 Å². The average molecular weight is 257 g/mol. The lowest BCUT2D eigenvalue weighted by Gasteiger charge is -2.01. The fourth-order valence-electron chi connectivity index (χ4n) is 1.37. The molecule has 1 aliphatic rings. The molecule has 1 aromatic rings. The van der Waals surface area contributed by atoms with Crippen LogP contribution in [-0.2, 0) is 14.3 Å². The molecule has 5 heteroatoms. The molecule has 1 aliphatic heterocycles. The van der Waals surface area contributed by atoms with Crippen LogP contribution in [0.4, 0.5) is 0 Å². The van der Waals surface area contributed by atoms with Crippen molar-refractivity contribution in [1.82, 2.24) is 0 Å². The maximum Gasteiger partial charge on any atom is 0.342 e. The molecule has 0 amide bonds. The predicted octanol–water partition coefficient (Wildman–Crippen LogP) is 2.85. The maximum atomic E-state index is 11.2. The molecular weight excluding hydrogens is 251 g/mol. The highest BCUT2D eigenvalue weighted by Gasteiger charge is 2.27. The largest absolute Gasteiger partial charge is 0.389 e. The third-order valence-electron chi connectivity index (χ3n) is 2.12. The second kappa shape index (κ2) is 4.28. The van der Waals surface area contributed by atoms with E-state index in [9.17, 15) is 9.59 Å². The molecule has 0 aromatic heterocycles. The number of hydrogen-bond donors (Lipinski definition) is 0. The summed E-state index contributed by atoms with van der Waals surface area (Å²) in [5.41, 5.74) is 0.785. The van der Waals surface area contributed by atoms with E-state index in [2.05, 4.69) is 4.74 Å². The number of carbonyl (C=O) groups excluding carboxylic acids is 2. The predicted molar refractivity (Wildman–Crippen MR) is 60.2 cm³/mol. The van der Waals surface area contributed by atoms with Gasteiger partial charge >= 0.3 is 11.9 Å². The van der Waals surface area contributed by atoms with Crippen LogP contribution in [-0.4, -0.2) is 11.9 Å². The summed E-state index contributed by atoms with van der Waals surface area (Å²) in [6, 6.07) is 5.01. The van der Waals surface area contributed by atoms with Crippen molar-refractivity contribution in [3.05, 3.63) is 39.4 Å². The second-order valence-electron chi connectivity index (χ2n) is 3.24. The van der Waals surface area contributed by atoms with Crippen LogP contribution in [0.1, 0.15) is 12.0 Å². The van der Waals surface area contributed by atoms with Crippen molar-refractivity contribution in [2.45, 2.75) is 6.42 Å². The van der Waals surface area contributed by atoms with E-state index in [1.54, 1.807) is 18.2 Å². The van der Waals surface area contributed by atoms with Gasteiger partial charge in [-0.05, 0) is 18.2 Å². The number of hydrogen-bond acceptors (Lipinski definition) is 3. The van der Waals surface area contributed by atoms with Gasteiger partial charge in [-0.3, -0.25) is 4.79 Å². The third kappa shape index (κ3) is 2.10. The molecule has 82 valence electrons. The molecule has 0 N–H and O–H groups in total. The number of esters is 2. The molecule has 1 heterocycles. The molecule has 0 aliphatic carbocycles. The van der Waals surface area contributed by atoms with E-state index < -0.39 is 11.9 Å². The van der Waals surface area contributed by atoms with Crippen LogP contribution in [0.5, 0.6) is 0 Å². The second-order valence-corrected chi connectivity index (χ2v) is 4.06. The van der Waals surface area contributed by atoms with Crippen LogP contribution in [0.2, 0.25) is 10.0 Å². The van der Waals surface area contributed by atoms with Crippen molar-refractivity contribution in [2.24, 2.45) is 0 Å². The molecule has 0 saturated carbocycles. The lowest BCUT2D eigenvalue weighted by atomic mass is 10.1. The topological polar surface area (TPSA) is 43.4 Å². The Kier molecular flexibility index (Phi) is 2.99. The van der Waals surface area contributed by atoms with Gasteiger partial charge in [0.15, 0.2) is 0 Å². The summed E-state index contributed by atoms with van der Waals surface area (Å²) in [5.74, 6) is -1.19. The molecule has 1 fully saturated rings. The van der Waals surface area contributed by atoms with Gasteiger partial charge in [-0.25, -0.2) is 4.79 Å². The normalized spacial score (nSPS) is 18.0. The fourth-order valence-corrected chi connectivity index (χ4v) is 1.87. The summed E-state index contributed by atoms with van der Waals surface area (Å²) in [6.45, 7) is 0. The van der Waals surface area contributed by atoms with Gasteiger partial charge in [-0.15, -0.1) is 0 Å². The lowest BCUT2D eigenvalue weighted by Crippen LogP contribution is -1.97. The van der Waals surface area contributed by atoms with Gasteiger partial charge in [-0.2, -0.15) is 0 Å². The molecule has 0 radical (unpaired) electrons. The number of halogens is 2. The highest BCUT2D eigenvalue weighted by atomic mass is 35.5. The highest BCUT2D eigenvalue weighted by Crippen LogP contribution is 2.28. The SMILES string of the molecule is O=C1C/C(=C\c2c(Cl)cccc2Cl)C(=O)O1. The number of carbonyl (C=O) groups is 2. The van der Waals surface area contributed by atoms with E-state index in [1.165, 1.54) is 6.08 Å². The molecule has 1 aromatic carbocycles. The molecule has 3 nitrogen and oxygen atoms in total. The van der Waals surface area contributed by atoms with E-state index in [0.717, 1.165) is 0 Å². The molecule has 1 saturated heterocycles. The first-order chi connectivity index (χ1) is 7.58. The standard InChI is InChI=1S/C11H6Cl2O3/c12-8-2-1-3-9(13)7(8)4-6-5-10(14)16-11(6)15/h1-4H,5H2/b6-4+. The van der Waals surface area contributed by atoms with E-state index >= 15 is 0 Å². The minimum absolute atomic E-state index is 0.0413. The van der Waals surface area contributed by atoms with E-state index in [4.69, 9.17) is 23.2 Å². The Morgan fingerprint density at radius 3 is 2.31 bits per heavy atom. The molecule has 0 atom stereocenters. The van der Waals surface area contributed by atoms with Gasteiger partial charge in [0.2, 0.25) is 0 Å². The number of ether oxygens (including phenoxy) is 1. The van der Waals surface area contributed by atoms with Crippen LogP contribution in [0.25, 0.3) is 6.08 Å². The Morgan fingerprint density at radius 2 is 1.81 bits per heavy atom. The van der Waals surface area contributed by atoms with Crippen LogP contribution >= 0.6 is 23.2 Å². The van der Waals surface area contributed by atoms with E-state index in [-0.39, 0.29) is 12.0 Å². The van der Waals surface area contributed by atoms with Crippen molar-refractivity contribution in [2.75, 3.05) is 0 Å². The summed E-state index contributed by atoms with van der Waals surface area (Å²) >= 11 is 11.9. The van der Waals surface area contributed by atoms with Gasteiger partial charge in [-0.1, -0.05) is 29.3 Å². The van der Waals surface area contributed by atoms with E-state index in [0.29, 0.717) is 15.6 Å². The summed E-state index contributed by atoms with van der Waals surface area (Å²) in [5, 5.41) is 0.847. The Balaban J connectivity index is 2.44. The Morgan fingerprint density at radius 1 is 1.19 bits per heavy atom. The molecule has 2 rings (SSSR count). The lowest BCUT2D eigenvalue weighted by molar-refractivity contribution is -0.151. The van der Waals surface area contributed by atoms with Crippen molar-refractivity contribution < 1.29 is 14.3 Å². The zero-order valence-corrected chi connectivity index (χ0v) is 9.51. The van der Waals surface area contributed by atoms with Crippen LogP contribution in [0.15, 0.2) is 23.8 Å². The van der Waals surface area contributed by atoms with Crippen LogP contribution < -0.4 is 0 Å². The van der Waals surface area contributed by atoms with Crippen molar-refractivity contribution in [1.29, 1.82) is 0 Å². The quantitative estimate of drug-likeness (QED) is 0.441. The molecule has 16 heavy (non-hydrogen) atoms. The minimum atomic E-state index is -0.638. The Bertz CT molecular complexity index is 486. The zero-order valence-electron chi connectivity index (χ0n) is 8.00. The summed E-state index contributed by atoms with van der Waals surface area (Å²) in [4.78, 5) is 22.1. The summed E-state index contributed by atoms with van der Waals surface area (Å²) < 4.78 is 4.39. The molecule has 0 spiro atoms. The number of benzene rings is 1. The maximum absolute atomic E-state index is 11.2. The summed E-state index contributed by atoms with van der Waals surface area (Å²) in [6.07, 6.45) is 1.44. The summed E-state index contributed by atoms with van der Waals surface area (Å²) in [7, 11) is 0. The van der Waals surface area contributed by atoms with Crippen molar-refractivity contribution in [3.8, 4) is 0 Å². The fraction of sp³-hybridized carbons (Fsp3) is 0.0909. The highest BCUT2D eigenvalue weighted by molar-refractivity contribution is 6.37. The monoisotopic (exact) mass is 256 g/mol. The Labute approximate surface area is 102 Å². The molecule has 0 bridgehead atoms. The zero-order chi connectivity index (χ0) is 11.7. The van der Waals surface area contributed by atoms with Gasteiger partial charge in [0.05, 0.1) is 6.42 Å². The van der Waals surface area contributed by atoms with Gasteiger partial charge < -0.3 is 4.74 Å². The number of rotatable bonds is 1. The van der Waals surface area contributed by atoms with Crippen LogP contribution in [0.3, 0.4) is 0 Å².